The first-order valence-corrected chi connectivity index (χ1v) is 7.18. The van der Waals surface area contributed by atoms with Crippen molar-refractivity contribution in [2.45, 2.75) is 5.88 Å². The standard InChI is InChI=1S/C13H8BrCl2NO3/c14-13-10(17(18)19)2-1-3-11(13)20-12-6-9(16)5-4-8(12)7-15/h1-6H,7H2. The maximum Gasteiger partial charge on any atom is 0.287 e. The molecule has 0 radical (unpaired) electrons. The van der Waals surface area contributed by atoms with Crippen LogP contribution in [-0.4, -0.2) is 4.92 Å². The summed E-state index contributed by atoms with van der Waals surface area (Å²) in [6.45, 7) is 0. The zero-order chi connectivity index (χ0) is 14.7. The molecule has 0 atom stereocenters. The van der Waals surface area contributed by atoms with Crippen molar-refractivity contribution < 1.29 is 9.66 Å². The normalized spacial score (nSPS) is 10.3. The molecule has 0 aliphatic carbocycles. The van der Waals surface area contributed by atoms with Gasteiger partial charge in [-0.05, 0) is 34.1 Å². The van der Waals surface area contributed by atoms with Crippen LogP contribution in [0.15, 0.2) is 40.9 Å². The Kier molecular flexibility index (Phi) is 4.86. The van der Waals surface area contributed by atoms with Crippen LogP contribution >= 0.6 is 39.1 Å². The van der Waals surface area contributed by atoms with Crippen LogP contribution in [0.2, 0.25) is 5.02 Å². The van der Waals surface area contributed by atoms with Crippen LogP contribution in [0.25, 0.3) is 0 Å². The molecule has 104 valence electrons. The number of nitro groups is 1. The van der Waals surface area contributed by atoms with Crippen LogP contribution in [0.3, 0.4) is 0 Å². The average molecular weight is 377 g/mol. The molecule has 0 bridgehead atoms. The summed E-state index contributed by atoms with van der Waals surface area (Å²) in [7, 11) is 0. The summed E-state index contributed by atoms with van der Waals surface area (Å²) in [6, 6.07) is 9.62. The fourth-order valence-corrected chi connectivity index (χ4v) is 2.44. The Hall–Kier alpha value is -1.30. The van der Waals surface area contributed by atoms with Crippen molar-refractivity contribution in [3.05, 3.63) is 61.6 Å². The van der Waals surface area contributed by atoms with E-state index in [1.165, 1.54) is 6.07 Å². The van der Waals surface area contributed by atoms with Gasteiger partial charge in [0.2, 0.25) is 0 Å². The number of ether oxygens (including phenoxy) is 1. The second kappa shape index (κ2) is 6.43. The van der Waals surface area contributed by atoms with Crippen LogP contribution in [-0.2, 0) is 5.88 Å². The highest BCUT2D eigenvalue weighted by Gasteiger charge is 2.17. The number of hydrogen-bond acceptors (Lipinski definition) is 3. The van der Waals surface area contributed by atoms with Crippen molar-refractivity contribution in [1.82, 2.24) is 0 Å². The molecule has 0 aliphatic rings. The highest BCUT2D eigenvalue weighted by molar-refractivity contribution is 9.10. The smallest absolute Gasteiger partial charge is 0.287 e. The molecule has 0 fully saturated rings. The lowest BCUT2D eigenvalue weighted by molar-refractivity contribution is -0.385. The number of rotatable bonds is 4. The van der Waals surface area contributed by atoms with Gasteiger partial charge in [-0.1, -0.05) is 23.7 Å². The lowest BCUT2D eigenvalue weighted by atomic mass is 10.2. The summed E-state index contributed by atoms with van der Waals surface area (Å²) < 4.78 is 5.95. The molecule has 0 heterocycles. The Bertz CT molecular complexity index is 664. The third kappa shape index (κ3) is 3.23. The van der Waals surface area contributed by atoms with Gasteiger partial charge in [-0.3, -0.25) is 10.1 Å². The summed E-state index contributed by atoms with van der Waals surface area (Å²) in [5, 5.41) is 11.4. The number of nitrogens with zero attached hydrogens (tertiary/aromatic N) is 1. The molecule has 0 aromatic heterocycles. The molecular formula is C13H8BrCl2NO3. The van der Waals surface area contributed by atoms with Gasteiger partial charge < -0.3 is 4.74 Å². The van der Waals surface area contributed by atoms with Crippen LogP contribution < -0.4 is 4.74 Å². The van der Waals surface area contributed by atoms with Crippen LogP contribution in [0.1, 0.15) is 5.56 Å². The van der Waals surface area contributed by atoms with E-state index in [2.05, 4.69) is 15.9 Å². The second-order valence-electron chi connectivity index (χ2n) is 3.83. The molecule has 20 heavy (non-hydrogen) atoms. The molecular weight excluding hydrogens is 369 g/mol. The summed E-state index contributed by atoms with van der Waals surface area (Å²) in [5.41, 5.74) is 0.673. The van der Waals surface area contributed by atoms with E-state index in [-0.39, 0.29) is 16.0 Å². The van der Waals surface area contributed by atoms with E-state index < -0.39 is 4.92 Å². The molecule has 2 aromatic carbocycles. The van der Waals surface area contributed by atoms with Crippen molar-refractivity contribution in [3.63, 3.8) is 0 Å². The predicted octanol–water partition coefficient (Wildman–Crippen LogP) is 5.54. The summed E-state index contributed by atoms with van der Waals surface area (Å²) in [5.74, 6) is 1.04. The maximum absolute atomic E-state index is 10.9. The Morgan fingerprint density at radius 3 is 2.65 bits per heavy atom. The zero-order valence-electron chi connectivity index (χ0n) is 9.98. The highest BCUT2D eigenvalue weighted by Crippen LogP contribution is 2.38. The van der Waals surface area contributed by atoms with E-state index in [4.69, 9.17) is 27.9 Å². The van der Waals surface area contributed by atoms with Gasteiger partial charge in [0.05, 0.1) is 10.8 Å². The van der Waals surface area contributed by atoms with Crippen molar-refractivity contribution >= 4 is 44.8 Å². The number of hydrogen-bond donors (Lipinski definition) is 0. The quantitative estimate of drug-likeness (QED) is 0.399. The molecule has 2 aromatic rings. The first-order chi connectivity index (χ1) is 9.52. The first-order valence-electron chi connectivity index (χ1n) is 5.48. The fraction of sp³-hybridized carbons (Fsp3) is 0.0769. The largest absolute Gasteiger partial charge is 0.456 e. The van der Waals surface area contributed by atoms with Crippen molar-refractivity contribution in [2.75, 3.05) is 0 Å². The van der Waals surface area contributed by atoms with Gasteiger partial charge >= 0.3 is 0 Å². The van der Waals surface area contributed by atoms with Crippen molar-refractivity contribution in [2.24, 2.45) is 0 Å². The number of nitro benzene ring substituents is 1. The monoisotopic (exact) mass is 375 g/mol. The minimum atomic E-state index is -0.489. The first kappa shape index (κ1) is 15.1. The molecule has 4 nitrogen and oxygen atoms in total. The fourth-order valence-electron chi connectivity index (χ4n) is 1.57. The molecule has 0 N–H and O–H groups in total. The highest BCUT2D eigenvalue weighted by atomic mass is 79.9. The van der Waals surface area contributed by atoms with E-state index in [0.717, 1.165) is 5.56 Å². The van der Waals surface area contributed by atoms with Crippen LogP contribution in [0, 0.1) is 10.1 Å². The Morgan fingerprint density at radius 2 is 2.00 bits per heavy atom. The number of alkyl halides is 1. The molecule has 0 saturated heterocycles. The van der Waals surface area contributed by atoms with Gasteiger partial charge in [-0.15, -0.1) is 11.6 Å². The summed E-state index contributed by atoms with van der Waals surface area (Å²) in [6.07, 6.45) is 0. The summed E-state index contributed by atoms with van der Waals surface area (Å²) >= 11 is 14.9. The summed E-state index contributed by atoms with van der Waals surface area (Å²) in [4.78, 5) is 10.4. The molecule has 2 rings (SSSR count). The van der Waals surface area contributed by atoms with Gasteiger partial charge in [-0.25, -0.2) is 0 Å². The predicted molar refractivity (Wildman–Crippen MR) is 81.9 cm³/mol. The molecule has 0 spiro atoms. The molecule has 0 saturated carbocycles. The lowest BCUT2D eigenvalue weighted by Crippen LogP contribution is -1.94. The minimum Gasteiger partial charge on any atom is -0.456 e. The third-order valence-electron chi connectivity index (χ3n) is 2.53. The molecule has 0 unspecified atom stereocenters. The van der Waals surface area contributed by atoms with Gasteiger partial charge in [0.1, 0.15) is 16.0 Å². The average Bonchev–Trinajstić information content (AvgIpc) is 2.41. The van der Waals surface area contributed by atoms with E-state index in [0.29, 0.717) is 16.5 Å². The van der Waals surface area contributed by atoms with E-state index >= 15 is 0 Å². The number of benzene rings is 2. The van der Waals surface area contributed by atoms with Crippen molar-refractivity contribution in [1.29, 1.82) is 0 Å². The molecule has 7 heteroatoms. The topological polar surface area (TPSA) is 52.4 Å². The van der Waals surface area contributed by atoms with Gasteiger partial charge in [0, 0.05) is 16.7 Å². The Labute approximate surface area is 133 Å². The van der Waals surface area contributed by atoms with Gasteiger partial charge in [0.15, 0.2) is 0 Å². The molecule has 0 amide bonds. The Morgan fingerprint density at radius 1 is 1.25 bits per heavy atom. The maximum atomic E-state index is 10.9. The third-order valence-corrected chi connectivity index (χ3v) is 3.85. The van der Waals surface area contributed by atoms with E-state index in [9.17, 15) is 10.1 Å². The van der Waals surface area contributed by atoms with E-state index in [1.54, 1.807) is 30.3 Å². The van der Waals surface area contributed by atoms with E-state index in [1.807, 2.05) is 0 Å². The van der Waals surface area contributed by atoms with Crippen LogP contribution in [0.4, 0.5) is 5.69 Å². The number of halogens is 3. The van der Waals surface area contributed by atoms with Gasteiger partial charge in [-0.2, -0.15) is 0 Å². The Balaban J connectivity index is 2.42. The second-order valence-corrected chi connectivity index (χ2v) is 5.33. The van der Waals surface area contributed by atoms with Crippen molar-refractivity contribution in [3.8, 4) is 11.5 Å². The zero-order valence-corrected chi connectivity index (χ0v) is 13.1. The minimum absolute atomic E-state index is 0.0723. The SMILES string of the molecule is O=[N+]([O-])c1cccc(Oc2cc(Cl)ccc2CCl)c1Br. The lowest BCUT2D eigenvalue weighted by Gasteiger charge is -2.11. The molecule has 0 aliphatic heterocycles. The van der Waals surface area contributed by atoms with Gasteiger partial charge in [0.25, 0.3) is 5.69 Å². The van der Waals surface area contributed by atoms with Crippen LogP contribution in [0.5, 0.6) is 11.5 Å².